The molecule has 1 aliphatic heterocycles. The van der Waals surface area contributed by atoms with Gasteiger partial charge in [-0.25, -0.2) is 0 Å². The van der Waals surface area contributed by atoms with Gasteiger partial charge in [-0.15, -0.1) is 6.42 Å². The first-order valence-corrected chi connectivity index (χ1v) is 11.0. The van der Waals surface area contributed by atoms with Gasteiger partial charge in [0, 0.05) is 11.8 Å². The number of ether oxygens (including phenoxy) is 2. The van der Waals surface area contributed by atoms with E-state index in [9.17, 15) is 5.11 Å². The van der Waals surface area contributed by atoms with Crippen LogP contribution in [0.4, 0.5) is 0 Å². The van der Waals surface area contributed by atoms with Gasteiger partial charge >= 0.3 is 0 Å². The molecule has 2 unspecified atom stereocenters. The summed E-state index contributed by atoms with van der Waals surface area (Å²) in [5, 5.41) is 11.1. The Kier molecular flexibility index (Phi) is 3.79. The fourth-order valence-corrected chi connectivity index (χ4v) is 7.81. The third-order valence-corrected chi connectivity index (χ3v) is 9.48. The van der Waals surface area contributed by atoms with Crippen LogP contribution in [-0.2, 0) is 9.47 Å². The minimum atomic E-state index is -0.905. The van der Waals surface area contributed by atoms with Crippen molar-refractivity contribution in [1.82, 2.24) is 0 Å². The molecular weight excluding hydrogens is 336 g/mol. The summed E-state index contributed by atoms with van der Waals surface area (Å²) in [6.07, 6.45) is 16.9. The van der Waals surface area contributed by atoms with E-state index >= 15 is 0 Å². The molecule has 0 amide bonds. The zero-order valence-corrected chi connectivity index (χ0v) is 17.1. The van der Waals surface area contributed by atoms with Crippen molar-refractivity contribution in [3.05, 3.63) is 11.6 Å². The summed E-state index contributed by atoms with van der Waals surface area (Å²) < 4.78 is 12.3. The molecule has 0 radical (unpaired) electrons. The van der Waals surface area contributed by atoms with E-state index in [0.717, 1.165) is 38.5 Å². The van der Waals surface area contributed by atoms with Crippen molar-refractivity contribution in [2.45, 2.75) is 89.6 Å². The number of rotatable bonds is 0. The second-order valence-corrected chi connectivity index (χ2v) is 10.6. The third-order valence-electron chi connectivity index (χ3n) is 9.48. The van der Waals surface area contributed by atoms with Crippen molar-refractivity contribution in [3.8, 4) is 12.3 Å². The van der Waals surface area contributed by atoms with Crippen LogP contribution < -0.4 is 0 Å². The largest absolute Gasteiger partial charge is 0.377 e. The van der Waals surface area contributed by atoms with Gasteiger partial charge < -0.3 is 14.6 Å². The molecule has 3 heteroatoms. The Morgan fingerprint density at radius 2 is 1.89 bits per heavy atom. The van der Waals surface area contributed by atoms with E-state index in [-0.39, 0.29) is 16.9 Å². The highest BCUT2D eigenvalue weighted by Gasteiger charge is 2.64. The summed E-state index contributed by atoms with van der Waals surface area (Å²) in [6.45, 7) is 7.57. The first-order chi connectivity index (χ1) is 12.8. The quantitative estimate of drug-likeness (QED) is 0.506. The highest BCUT2D eigenvalue weighted by molar-refractivity contribution is 5.30. The maximum Gasteiger partial charge on any atom is 0.188 e. The van der Waals surface area contributed by atoms with E-state index in [1.54, 1.807) is 5.57 Å². The zero-order chi connectivity index (χ0) is 19.1. The van der Waals surface area contributed by atoms with E-state index in [4.69, 9.17) is 15.9 Å². The zero-order valence-electron chi connectivity index (χ0n) is 17.1. The molecule has 1 N–H and O–H groups in total. The van der Waals surface area contributed by atoms with Crippen molar-refractivity contribution >= 4 is 0 Å². The molecule has 0 aromatic rings. The van der Waals surface area contributed by atoms with Gasteiger partial charge in [0.1, 0.15) is 5.60 Å². The van der Waals surface area contributed by atoms with Gasteiger partial charge in [0.2, 0.25) is 0 Å². The summed E-state index contributed by atoms with van der Waals surface area (Å²) in [6, 6.07) is 0. The van der Waals surface area contributed by atoms with Crippen LogP contribution >= 0.6 is 0 Å². The Labute approximate surface area is 163 Å². The molecule has 3 nitrogen and oxygen atoms in total. The van der Waals surface area contributed by atoms with E-state index in [2.05, 4.69) is 32.8 Å². The molecule has 27 heavy (non-hydrogen) atoms. The van der Waals surface area contributed by atoms with Crippen LogP contribution in [0.15, 0.2) is 11.6 Å². The lowest BCUT2D eigenvalue weighted by Crippen LogP contribution is -2.55. The summed E-state index contributed by atoms with van der Waals surface area (Å²) in [4.78, 5) is 0. The monoisotopic (exact) mass is 370 g/mol. The average molecular weight is 371 g/mol. The van der Waals surface area contributed by atoms with Crippen molar-refractivity contribution < 1.29 is 14.6 Å². The van der Waals surface area contributed by atoms with Gasteiger partial charge in [-0.1, -0.05) is 25.3 Å². The van der Waals surface area contributed by atoms with Crippen LogP contribution in [0, 0.1) is 40.9 Å². The SMILES string of the molecule is C#C[C@]1(O)CC[C@H]2[C@@H]3CCC4=CC5(CC[C@]4(C)[C@H]3CC[C@@]21C)OCC(C)O5. The molecule has 1 spiro atoms. The predicted molar refractivity (Wildman–Crippen MR) is 105 cm³/mol. The summed E-state index contributed by atoms with van der Waals surface area (Å²) in [5.74, 6) is 4.28. The number of terminal acetylenes is 1. The standard InChI is InChI=1S/C24H34O3/c1-5-23(25)11-9-20-18-7-6-17-14-24(26-15-16(2)27-24)13-12-21(17,3)19(18)8-10-22(20,23)4/h1,14,16,18-20,25H,6-13,15H2,2-4H3/t16?,18-,19+,20+,21+,22+,23+,24?/m1/s1. The van der Waals surface area contributed by atoms with Crippen LogP contribution in [0.3, 0.4) is 0 Å². The average Bonchev–Trinajstić information content (AvgIpc) is 3.14. The second-order valence-electron chi connectivity index (χ2n) is 10.6. The molecule has 4 fully saturated rings. The lowest BCUT2D eigenvalue weighted by Gasteiger charge is -2.59. The van der Waals surface area contributed by atoms with Crippen LogP contribution in [-0.4, -0.2) is 29.2 Å². The highest BCUT2D eigenvalue weighted by atomic mass is 16.7. The van der Waals surface area contributed by atoms with Crippen LogP contribution in [0.1, 0.15) is 72.1 Å². The summed E-state index contributed by atoms with van der Waals surface area (Å²) >= 11 is 0. The van der Waals surface area contributed by atoms with Crippen LogP contribution in [0.5, 0.6) is 0 Å². The molecule has 0 aromatic carbocycles. The van der Waals surface area contributed by atoms with Crippen molar-refractivity contribution in [2.75, 3.05) is 6.61 Å². The topological polar surface area (TPSA) is 38.7 Å². The van der Waals surface area contributed by atoms with Gasteiger partial charge in [0.05, 0.1) is 12.7 Å². The first kappa shape index (κ1) is 18.2. The van der Waals surface area contributed by atoms with E-state index in [1.807, 2.05) is 0 Å². The Balaban J connectivity index is 1.46. The van der Waals surface area contributed by atoms with Crippen molar-refractivity contribution in [3.63, 3.8) is 0 Å². The van der Waals surface area contributed by atoms with Crippen LogP contribution in [0.2, 0.25) is 0 Å². The summed E-state index contributed by atoms with van der Waals surface area (Å²) in [7, 11) is 0. The van der Waals surface area contributed by atoms with Crippen molar-refractivity contribution in [1.29, 1.82) is 0 Å². The number of aliphatic hydroxyl groups is 1. The normalized spacial score (nSPS) is 56.8. The Morgan fingerprint density at radius 3 is 2.59 bits per heavy atom. The first-order valence-electron chi connectivity index (χ1n) is 11.0. The molecule has 1 saturated heterocycles. The minimum Gasteiger partial charge on any atom is -0.377 e. The van der Waals surface area contributed by atoms with Gasteiger partial charge in [0.25, 0.3) is 0 Å². The molecule has 5 aliphatic rings. The maximum absolute atomic E-state index is 11.1. The third kappa shape index (κ3) is 2.27. The van der Waals surface area contributed by atoms with Crippen molar-refractivity contribution in [2.24, 2.45) is 28.6 Å². The molecule has 3 saturated carbocycles. The molecule has 1 heterocycles. The lowest BCUT2D eigenvalue weighted by atomic mass is 9.46. The minimum absolute atomic E-state index is 0.108. The Bertz CT molecular complexity index is 722. The fourth-order valence-electron chi connectivity index (χ4n) is 7.81. The number of hydrogen-bond donors (Lipinski definition) is 1. The molecule has 8 atom stereocenters. The van der Waals surface area contributed by atoms with Gasteiger partial charge in [0.15, 0.2) is 5.79 Å². The molecular formula is C24H34O3. The van der Waals surface area contributed by atoms with Gasteiger partial charge in [-0.05, 0) is 81.1 Å². The van der Waals surface area contributed by atoms with Gasteiger partial charge in [-0.3, -0.25) is 0 Å². The van der Waals surface area contributed by atoms with E-state index in [1.165, 1.54) is 12.8 Å². The number of hydrogen-bond acceptors (Lipinski definition) is 3. The Hall–Kier alpha value is -0.820. The number of allylic oxidation sites excluding steroid dienone is 1. The van der Waals surface area contributed by atoms with Gasteiger partial charge in [-0.2, -0.15) is 0 Å². The molecule has 0 aromatic heterocycles. The number of fused-ring (bicyclic) bond motifs is 5. The molecule has 4 aliphatic carbocycles. The van der Waals surface area contributed by atoms with E-state index in [0.29, 0.717) is 24.4 Å². The lowest BCUT2D eigenvalue weighted by molar-refractivity contribution is -0.155. The second kappa shape index (κ2) is 5.62. The smallest absolute Gasteiger partial charge is 0.188 e. The molecule has 5 rings (SSSR count). The molecule has 0 bridgehead atoms. The fraction of sp³-hybridized carbons (Fsp3) is 0.833. The Morgan fingerprint density at radius 1 is 1.11 bits per heavy atom. The summed E-state index contributed by atoms with van der Waals surface area (Å²) in [5.41, 5.74) is 0.810. The van der Waals surface area contributed by atoms with E-state index < -0.39 is 11.4 Å². The highest BCUT2D eigenvalue weighted by Crippen LogP contribution is 2.68. The maximum atomic E-state index is 11.1. The predicted octanol–water partition coefficient (Wildman–Crippen LogP) is 4.45. The van der Waals surface area contributed by atoms with Crippen LogP contribution in [0.25, 0.3) is 0 Å². The molecule has 148 valence electrons.